The molecule has 1 saturated heterocycles. The van der Waals surface area contributed by atoms with E-state index in [-0.39, 0.29) is 6.04 Å². The molecule has 13 heavy (non-hydrogen) atoms. The van der Waals surface area contributed by atoms with Crippen LogP contribution in [-0.4, -0.2) is 19.3 Å². The van der Waals surface area contributed by atoms with Gasteiger partial charge in [-0.2, -0.15) is 0 Å². The standard InChI is InChI=1S/C10H15NO2/c11-10(9-2-4-13-7-9)5-8-1-3-12-6-8/h1,3,6,9-10H,2,4-5,7,11H2. The van der Waals surface area contributed by atoms with Crippen molar-refractivity contribution in [1.29, 1.82) is 0 Å². The summed E-state index contributed by atoms with van der Waals surface area (Å²) in [6, 6.07) is 2.18. The summed E-state index contributed by atoms with van der Waals surface area (Å²) in [6.45, 7) is 1.68. The van der Waals surface area contributed by atoms with Crippen LogP contribution in [0.3, 0.4) is 0 Å². The molecule has 1 aromatic heterocycles. The van der Waals surface area contributed by atoms with Gasteiger partial charge < -0.3 is 14.9 Å². The van der Waals surface area contributed by atoms with Crippen molar-refractivity contribution in [2.75, 3.05) is 13.2 Å². The molecule has 2 unspecified atom stereocenters. The highest BCUT2D eigenvalue weighted by Gasteiger charge is 2.22. The lowest BCUT2D eigenvalue weighted by molar-refractivity contribution is 0.180. The van der Waals surface area contributed by atoms with E-state index in [1.54, 1.807) is 12.5 Å². The van der Waals surface area contributed by atoms with Crippen LogP contribution in [0.2, 0.25) is 0 Å². The fourth-order valence-electron chi connectivity index (χ4n) is 1.74. The Morgan fingerprint density at radius 1 is 1.62 bits per heavy atom. The molecule has 0 aromatic carbocycles. The van der Waals surface area contributed by atoms with Crippen LogP contribution >= 0.6 is 0 Å². The van der Waals surface area contributed by atoms with Crippen LogP contribution in [0.1, 0.15) is 12.0 Å². The van der Waals surface area contributed by atoms with Crippen LogP contribution in [0.25, 0.3) is 0 Å². The zero-order valence-electron chi connectivity index (χ0n) is 7.61. The van der Waals surface area contributed by atoms with Crippen molar-refractivity contribution in [2.24, 2.45) is 11.7 Å². The highest BCUT2D eigenvalue weighted by Crippen LogP contribution is 2.18. The van der Waals surface area contributed by atoms with E-state index in [1.807, 2.05) is 6.07 Å². The van der Waals surface area contributed by atoms with Gasteiger partial charge in [-0.25, -0.2) is 0 Å². The van der Waals surface area contributed by atoms with Crippen molar-refractivity contribution in [3.8, 4) is 0 Å². The molecule has 0 aliphatic carbocycles. The topological polar surface area (TPSA) is 48.4 Å². The molecule has 0 saturated carbocycles. The second-order valence-electron chi connectivity index (χ2n) is 3.62. The van der Waals surface area contributed by atoms with Crippen molar-refractivity contribution in [1.82, 2.24) is 0 Å². The third-order valence-electron chi connectivity index (χ3n) is 2.62. The summed E-state index contributed by atoms with van der Waals surface area (Å²) in [5.74, 6) is 0.523. The quantitative estimate of drug-likeness (QED) is 0.761. The van der Waals surface area contributed by atoms with Crippen molar-refractivity contribution in [3.05, 3.63) is 24.2 Å². The molecule has 2 atom stereocenters. The Morgan fingerprint density at radius 3 is 3.15 bits per heavy atom. The summed E-state index contributed by atoms with van der Waals surface area (Å²) < 4.78 is 10.3. The first kappa shape index (κ1) is 8.78. The van der Waals surface area contributed by atoms with Gasteiger partial charge in [-0.1, -0.05) is 0 Å². The molecule has 2 rings (SSSR count). The van der Waals surface area contributed by atoms with E-state index in [0.717, 1.165) is 26.1 Å². The zero-order valence-corrected chi connectivity index (χ0v) is 7.61. The van der Waals surface area contributed by atoms with Gasteiger partial charge >= 0.3 is 0 Å². The minimum atomic E-state index is 0.208. The van der Waals surface area contributed by atoms with Crippen LogP contribution in [0, 0.1) is 5.92 Å². The number of hydrogen-bond donors (Lipinski definition) is 1. The highest BCUT2D eigenvalue weighted by molar-refractivity contribution is 5.07. The lowest BCUT2D eigenvalue weighted by Gasteiger charge is -2.16. The Morgan fingerprint density at radius 2 is 2.54 bits per heavy atom. The molecule has 0 radical (unpaired) electrons. The maximum atomic E-state index is 6.05. The van der Waals surface area contributed by atoms with Gasteiger partial charge in [0.05, 0.1) is 19.1 Å². The zero-order chi connectivity index (χ0) is 9.10. The molecule has 0 spiro atoms. The molecule has 1 aromatic rings. The van der Waals surface area contributed by atoms with Crippen molar-refractivity contribution < 1.29 is 9.15 Å². The summed E-state index contributed by atoms with van der Waals surface area (Å²) in [4.78, 5) is 0. The summed E-state index contributed by atoms with van der Waals surface area (Å²) >= 11 is 0. The lowest BCUT2D eigenvalue weighted by atomic mass is 9.95. The third-order valence-corrected chi connectivity index (χ3v) is 2.62. The van der Waals surface area contributed by atoms with E-state index in [9.17, 15) is 0 Å². The number of rotatable bonds is 3. The molecular weight excluding hydrogens is 166 g/mol. The van der Waals surface area contributed by atoms with E-state index in [0.29, 0.717) is 5.92 Å². The SMILES string of the molecule is NC(Cc1ccoc1)C1CCOC1. The molecule has 0 bridgehead atoms. The lowest BCUT2D eigenvalue weighted by Crippen LogP contribution is -2.32. The fraction of sp³-hybridized carbons (Fsp3) is 0.600. The first-order chi connectivity index (χ1) is 6.36. The molecule has 1 aliphatic rings. The summed E-state index contributed by atoms with van der Waals surface area (Å²) in [6.07, 6.45) is 5.44. The van der Waals surface area contributed by atoms with Gasteiger partial charge in [0, 0.05) is 12.6 Å². The first-order valence-electron chi connectivity index (χ1n) is 4.70. The van der Waals surface area contributed by atoms with Gasteiger partial charge in [-0.15, -0.1) is 0 Å². The molecule has 0 amide bonds. The Bertz CT molecular complexity index is 239. The largest absolute Gasteiger partial charge is 0.472 e. The van der Waals surface area contributed by atoms with Gasteiger partial charge in [0.15, 0.2) is 0 Å². The average molecular weight is 181 g/mol. The second kappa shape index (κ2) is 3.94. The maximum absolute atomic E-state index is 6.05. The molecule has 3 nitrogen and oxygen atoms in total. The molecule has 2 N–H and O–H groups in total. The number of hydrogen-bond acceptors (Lipinski definition) is 3. The molecule has 1 aliphatic heterocycles. The van der Waals surface area contributed by atoms with Crippen molar-refractivity contribution in [3.63, 3.8) is 0 Å². The van der Waals surface area contributed by atoms with Gasteiger partial charge in [-0.3, -0.25) is 0 Å². The average Bonchev–Trinajstić information content (AvgIpc) is 2.74. The van der Waals surface area contributed by atoms with Gasteiger partial charge in [0.1, 0.15) is 0 Å². The van der Waals surface area contributed by atoms with Gasteiger partial charge in [0.25, 0.3) is 0 Å². The van der Waals surface area contributed by atoms with E-state index in [2.05, 4.69) is 0 Å². The minimum absolute atomic E-state index is 0.208. The molecule has 2 heterocycles. The van der Waals surface area contributed by atoms with Crippen LogP contribution in [-0.2, 0) is 11.2 Å². The summed E-state index contributed by atoms with van der Waals surface area (Å²) in [5.41, 5.74) is 7.23. The normalized spacial score (nSPS) is 24.8. The highest BCUT2D eigenvalue weighted by atomic mass is 16.5. The minimum Gasteiger partial charge on any atom is -0.472 e. The van der Waals surface area contributed by atoms with E-state index < -0.39 is 0 Å². The molecule has 72 valence electrons. The first-order valence-corrected chi connectivity index (χ1v) is 4.70. The molecule has 3 heteroatoms. The van der Waals surface area contributed by atoms with Crippen LogP contribution in [0.4, 0.5) is 0 Å². The van der Waals surface area contributed by atoms with Crippen molar-refractivity contribution >= 4 is 0 Å². The fourth-order valence-corrected chi connectivity index (χ4v) is 1.74. The maximum Gasteiger partial charge on any atom is 0.0935 e. The van der Waals surface area contributed by atoms with Crippen LogP contribution in [0.5, 0.6) is 0 Å². The van der Waals surface area contributed by atoms with Gasteiger partial charge in [-0.05, 0) is 30.4 Å². The van der Waals surface area contributed by atoms with Crippen molar-refractivity contribution in [2.45, 2.75) is 18.9 Å². The monoisotopic (exact) mass is 181 g/mol. The van der Waals surface area contributed by atoms with Gasteiger partial charge in [0.2, 0.25) is 0 Å². The number of furan rings is 1. The smallest absolute Gasteiger partial charge is 0.0935 e. The predicted molar refractivity (Wildman–Crippen MR) is 49.3 cm³/mol. The Balaban J connectivity index is 1.87. The number of nitrogens with two attached hydrogens (primary N) is 1. The summed E-state index contributed by atoms with van der Waals surface area (Å²) in [5, 5.41) is 0. The molecule has 1 fully saturated rings. The van der Waals surface area contributed by atoms with Crippen LogP contribution in [0.15, 0.2) is 23.0 Å². The molecular formula is C10H15NO2. The second-order valence-corrected chi connectivity index (χ2v) is 3.62. The summed E-state index contributed by atoms with van der Waals surface area (Å²) in [7, 11) is 0. The predicted octanol–water partition coefficient (Wildman–Crippen LogP) is 1.19. The Labute approximate surface area is 77.9 Å². The third kappa shape index (κ3) is 2.11. The Hall–Kier alpha value is -0.800. The number of ether oxygens (including phenoxy) is 1. The van der Waals surface area contributed by atoms with E-state index in [4.69, 9.17) is 14.9 Å². The van der Waals surface area contributed by atoms with E-state index >= 15 is 0 Å². The van der Waals surface area contributed by atoms with Crippen LogP contribution < -0.4 is 5.73 Å². The van der Waals surface area contributed by atoms with E-state index in [1.165, 1.54) is 5.56 Å². The Kier molecular flexibility index (Phi) is 2.66.